The molecule has 7 nitrogen and oxygen atoms in total. The van der Waals surface area contributed by atoms with E-state index in [0.29, 0.717) is 36.3 Å². The number of amides is 2. The summed E-state index contributed by atoms with van der Waals surface area (Å²) >= 11 is 0. The van der Waals surface area contributed by atoms with Crippen molar-refractivity contribution in [3.63, 3.8) is 0 Å². The molecule has 0 aliphatic heterocycles. The Bertz CT molecular complexity index is 710. The van der Waals surface area contributed by atoms with Gasteiger partial charge in [-0.1, -0.05) is 19.8 Å². The van der Waals surface area contributed by atoms with Crippen LogP contribution >= 0.6 is 0 Å². The third kappa shape index (κ3) is 6.90. The Morgan fingerprint density at radius 2 is 1.80 bits per heavy atom. The average Bonchev–Trinajstić information content (AvgIpc) is 2.71. The van der Waals surface area contributed by atoms with Crippen LogP contribution in [0.2, 0.25) is 0 Å². The van der Waals surface area contributed by atoms with E-state index in [-0.39, 0.29) is 30.4 Å². The maximum Gasteiger partial charge on any atom is 0.279 e. The lowest BCUT2D eigenvalue weighted by Crippen LogP contribution is -3.15. The van der Waals surface area contributed by atoms with Crippen molar-refractivity contribution in [1.29, 1.82) is 0 Å². The summed E-state index contributed by atoms with van der Waals surface area (Å²) in [6.07, 6.45) is 4.61. The predicted octanol–water partition coefficient (Wildman–Crippen LogP) is 2.02. The van der Waals surface area contributed by atoms with Gasteiger partial charge in [0.25, 0.3) is 11.8 Å². The van der Waals surface area contributed by atoms with Gasteiger partial charge in [0, 0.05) is 17.8 Å². The maximum absolute atomic E-state index is 12.7. The molecule has 1 unspecified atom stereocenters. The predicted molar refractivity (Wildman–Crippen MR) is 118 cm³/mol. The third-order valence-corrected chi connectivity index (χ3v) is 5.84. The zero-order valence-corrected chi connectivity index (χ0v) is 19.0. The first kappa shape index (κ1) is 24.0. The number of rotatable bonds is 10. The minimum Gasteiger partial charge on any atom is -0.490 e. The molecular weight excluding hydrogens is 382 g/mol. The number of quaternary nitrogens is 1. The Balaban J connectivity index is 1.90. The van der Waals surface area contributed by atoms with E-state index in [0.717, 1.165) is 17.7 Å². The van der Waals surface area contributed by atoms with Gasteiger partial charge < -0.3 is 25.0 Å². The number of anilines is 1. The molecule has 0 radical (unpaired) electrons. The van der Waals surface area contributed by atoms with Crippen molar-refractivity contribution in [3.8, 4) is 11.5 Å². The van der Waals surface area contributed by atoms with E-state index < -0.39 is 0 Å². The number of likely N-dealkylation sites (N-methyl/N-ethyl adjacent to an activating group) is 1. The standard InChI is InChI=1S/C23H37N3O4/c1-6-29-20-13-12-18(14-21(20)30-7-2)24-22(27)15-26(5)17(4)23(28)25-19-11-9-8-10-16(19)3/h12-14,16-17,19H,6-11,15H2,1-5H3,(H,24,27)(H,25,28)/p+1/t16-,17-,19+/m0/s1. The van der Waals surface area contributed by atoms with Crippen LogP contribution in [0.25, 0.3) is 0 Å². The van der Waals surface area contributed by atoms with Crippen molar-refractivity contribution in [1.82, 2.24) is 5.32 Å². The number of carbonyl (C=O) groups is 2. The van der Waals surface area contributed by atoms with Crippen LogP contribution < -0.4 is 25.0 Å². The van der Waals surface area contributed by atoms with E-state index in [2.05, 4.69) is 17.6 Å². The normalized spacial score (nSPS) is 20.7. The van der Waals surface area contributed by atoms with Crippen molar-refractivity contribution in [2.75, 3.05) is 32.1 Å². The minimum atomic E-state index is -0.302. The van der Waals surface area contributed by atoms with E-state index in [1.165, 1.54) is 12.8 Å². The zero-order valence-electron chi connectivity index (χ0n) is 19.0. The van der Waals surface area contributed by atoms with Crippen LogP contribution in [0.4, 0.5) is 5.69 Å². The lowest BCUT2D eigenvalue weighted by molar-refractivity contribution is -0.885. The van der Waals surface area contributed by atoms with Crippen molar-refractivity contribution < 1.29 is 24.0 Å². The van der Waals surface area contributed by atoms with Crippen molar-refractivity contribution >= 4 is 17.5 Å². The Morgan fingerprint density at radius 3 is 2.47 bits per heavy atom. The van der Waals surface area contributed by atoms with Crippen LogP contribution in [0.3, 0.4) is 0 Å². The molecule has 1 fully saturated rings. The monoisotopic (exact) mass is 420 g/mol. The summed E-state index contributed by atoms with van der Waals surface area (Å²) < 4.78 is 11.2. The second-order valence-corrected chi connectivity index (χ2v) is 8.20. The fourth-order valence-electron chi connectivity index (χ4n) is 3.80. The van der Waals surface area contributed by atoms with E-state index in [1.54, 1.807) is 18.2 Å². The molecule has 1 saturated carbocycles. The fourth-order valence-corrected chi connectivity index (χ4v) is 3.80. The average molecular weight is 421 g/mol. The smallest absolute Gasteiger partial charge is 0.279 e. The summed E-state index contributed by atoms with van der Waals surface area (Å²) in [5.74, 6) is 1.63. The van der Waals surface area contributed by atoms with Gasteiger partial charge in [0.15, 0.2) is 24.1 Å². The van der Waals surface area contributed by atoms with E-state index in [1.807, 2.05) is 27.8 Å². The van der Waals surface area contributed by atoms with Crippen LogP contribution in [0.1, 0.15) is 53.4 Å². The highest BCUT2D eigenvalue weighted by atomic mass is 16.5. The van der Waals surface area contributed by atoms with Crippen LogP contribution in [0.5, 0.6) is 11.5 Å². The summed E-state index contributed by atoms with van der Waals surface area (Å²) in [5.41, 5.74) is 0.646. The highest BCUT2D eigenvalue weighted by Crippen LogP contribution is 2.30. The lowest BCUT2D eigenvalue weighted by atomic mass is 9.86. The number of nitrogens with one attached hydrogen (secondary N) is 3. The van der Waals surface area contributed by atoms with Crippen LogP contribution in [-0.2, 0) is 9.59 Å². The Labute approximate surface area is 180 Å². The Hall–Kier alpha value is -2.28. The maximum atomic E-state index is 12.7. The molecular formula is C23H38N3O4+. The van der Waals surface area contributed by atoms with Gasteiger partial charge in [-0.2, -0.15) is 0 Å². The minimum absolute atomic E-state index is 0.0127. The summed E-state index contributed by atoms with van der Waals surface area (Å²) in [6.45, 7) is 9.14. The van der Waals surface area contributed by atoms with Gasteiger partial charge in [0.05, 0.1) is 20.3 Å². The van der Waals surface area contributed by atoms with E-state index in [9.17, 15) is 9.59 Å². The first-order chi connectivity index (χ1) is 14.3. The quantitative estimate of drug-likeness (QED) is 0.541. The molecule has 0 aromatic heterocycles. The summed E-state index contributed by atoms with van der Waals surface area (Å²) in [5, 5.41) is 6.09. The molecule has 4 atom stereocenters. The van der Waals surface area contributed by atoms with Gasteiger partial charge in [-0.15, -0.1) is 0 Å². The largest absolute Gasteiger partial charge is 0.490 e. The lowest BCUT2D eigenvalue weighted by Gasteiger charge is -2.31. The fraction of sp³-hybridized carbons (Fsp3) is 0.652. The van der Waals surface area contributed by atoms with Crippen LogP contribution in [-0.4, -0.2) is 50.7 Å². The summed E-state index contributed by atoms with van der Waals surface area (Å²) in [6, 6.07) is 5.30. The first-order valence-electron chi connectivity index (χ1n) is 11.2. The van der Waals surface area contributed by atoms with Crippen LogP contribution in [0.15, 0.2) is 18.2 Å². The van der Waals surface area contributed by atoms with Gasteiger partial charge in [-0.3, -0.25) is 9.59 Å². The number of hydrogen-bond donors (Lipinski definition) is 3. The molecule has 2 rings (SSSR count). The molecule has 0 spiro atoms. The number of carbonyl (C=O) groups excluding carboxylic acids is 2. The highest BCUT2D eigenvalue weighted by Gasteiger charge is 2.29. The first-order valence-corrected chi connectivity index (χ1v) is 11.2. The Kier molecular flexibility index (Phi) is 9.43. The second kappa shape index (κ2) is 11.8. The molecule has 1 aromatic rings. The number of ether oxygens (including phenoxy) is 2. The number of benzene rings is 1. The molecule has 30 heavy (non-hydrogen) atoms. The molecule has 0 saturated heterocycles. The van der Waals surface area contributed by atoms with Crippen molar-refractivity contribution in [2.24, 2.45) is 5.92 Å². The SMILES string of the molecule is CCOc1ccc(NC(=O)C[NH+](C)[C@@H](C)C(=O)N[C@@H]2CCCC[C@@H]2C)cc1OCC. The van der Waals surface area contributed by atoms with E-state index in [4.69, 9.17) is 9.47 Å². The molecule has 7 heteroatoms. The molecule has 0 bridgehead atoms. The van der Waals surface area contributed by atoms with E-state index >= 15 is 0 Å². The molecule has 3 N–H and O–H groups in total. The van der Waals surface area contributed by atoms with Gasteiger partial charge >= 0.3 is 0 Å². The molecule has 2 amide bonds. The molecule has 1 aliphatic rings. The molecule has 168 valence electrons. The van der Waals surface area contributed by atoms with Gasteiger partial charge in [0.1, 0.15) is 0 Å². The topological polar surface area (TPSA) is 81.1 Å². The van der Waals surface area contributed by atoms with Gasteiger partial charge in [-0.25, -0.2) is 0 Å². The Morgan fingerprint density at radius 1 is 1.13 bits per heavy atom. The highest BCUT2D eigenvalue weighted by molar-refractivity contribution is 5.92. The zero-order chi connectivity index (χ0) is 22.1. The molecule has 1 aliphatic carbocycles. The number of hydrogen-bond acceptors (Lipinski definition) is 4. The summed E-state index contributed by atoms with van der Waals surface area (Å²) in [7, 11) is 1.87. The van der Waals surface area contributed by atoms with Crippen molar-refractivity contribution in [3.05, 3.63) is 18.2 Å². The summed E-state index contributed by atoms with van der Waals surface area (Å²) in [4.78, 5) is 26.0. The van der Waals surface area contributed by atoms with Gasteiger partial charge in [0.2, 0.25) is 0 Å². The van der Waals surface area contributed by atoms with Crippen molar-refractivity contribution in [2.45, 2.75) is 65.5 Å². The molecule has 1 aromatic carbocycles. The molecule has 0 heterocycles. The second-order valence-electron chi connectivity index (χ2n) is 8.20. The van der Waals surface area contributed by atoms with Gasteiger partial charge in [-0.05, 0) is 51.7 Å². The third-order valence-electron chi connectivity index (χ3n) is 5.84. The van der Waals surface area contributed by atoms with Crippen LogP contribution in [0, 0.1) is 5.92 Å².